The zero-order chi connectivity index (χ0) is 22.8. The molecule has 0 aliphatic carbocycles. The van der Waals surface area contributed by atoms with E-state index in [4.69, 9.17) is 0 Å². The third-order valence-corrected chi connectivity index (χ3v) is 6.64. The fourth-order valence-corrected chi connectivity index (χ4v) is 4.95. The molecule has 168 valence electrons. The van der Waals surface area contributed by atoms with E-state index in [1.165, 1.54) is 18.2 Å². The van der Waals surface area contributed by atoms with Crippen molar-refractivity contribution in [1.29, 1.82) is 0 Å². The molecule has 1 saturated heterocycles. The van der Waals surface area contributed by atoms with Gasteiger partial charge in [0.05, 0.1) is 11.5 Å². The molecular formula is C20H23F3N4O3S. The second-order valence-corrected chi connectivity index (χ2v) is 9.21. The Morgan fingerprint density at radius 1 is 1.06 bits per heavy atom. The van der Waals surface area contributed by atoms with Crippen LogP contribution in [0, 0.1) is 12.8 Å². The standard InChI is InChI=1S/C20H23F3N4O3S/c1-12-7-9-15(10-8-12)27-31(29,30)19-17(13(2)25-26-19)18(28)24-11-14-5-3-4-6-16(14)20(21,22)23/h3-10,13,17,19,25-27H,11H2,1-2H3,(H,24,28). The van der Waals surface area contributed by atoms with Gasteiger partial charge in [-0.3, -0.25) is 14.9 Å². The molecule has 3 unspecified atom stereocenters. The monoisotopic (exact) mass is 456 g/mol. The summed E-state index contributed by atoms with van der Waals surface area (Å²) in [5.74, 6) is -1.75. The molecule has 1 aliphatic heterocycles. The molecule has 7 nitrogen and oxygen atoms in total. The summed E-state index contributed by atoms with van der Waals surface area (Å²) in [5.41, 5.74) is 5.66. The van der Waals surface area contributed by atoms with Crippen LogP contribution in [-0.2, 0) is 27.5 Å². The van der Waals surface area contributed by atoms with Gasteiger partial charge in [-0.1, -0.05) is 35.9 Å². The third-order valence-electron chi connectivity index (χ3n) is 5.04. The van der Waals surface area contributed by atoms with Gasteiger partial charge >= 0.3 is 6.18 Å². The SMILES string of the molecule is Cc1ccc(NS(=O)(=O)C2NNC(C)C2C(=O)NCc2ccccc2C(F)(F)F)cc1. The average Bonchev–Trinajstić information content (AvgIpc) is 3.10. The number of nitrogens with one attached hydrogen (secondary N) is 4. The number of sulfonamides is 1. The smallest absolute Gasteiger partial charge is 0.352 e. The number of hydrazine groups is 1. The van der Waals surface area contributed by atoms with Crippen LogP contribution in [0.1, 0.15) is 23.6 Å². The minimum atomic E-state index is -4.56. The maximum Gasteiger partial charge on any atom is 0.416 e. The van der Waals surface area contributed by atoms with Crippen LogP contribution < -0.4 is 20.9 Å². The lowest BCUT2D eigenvalue weighted by atomic mass is 10.0. The van der Waals surface area contributed by atoms with Crippen molar-refractivity contribution in [3.63, 3.8) is 0 Å². The second kappa shape index (κ2) is 8.85. The molecule has 0 spiro atoms. The summed E-state index contributed by atoms with van der Waals surface area (Å²) in [4.78, 5) is 12.8. The molecule has 1 amide bonds. The highest BCUT2D eigenvalue weighted by atomic mass is 32.2. The Bertz CT molecular complexity index is 1040. The number of aryl methyl sites for hydroxylation is 1. The van der Waals surface area contributed by atoms with Crippen LogP contribution in [0.2, 0.25) is 0 Å². The van der Waals surface area contributed by atoms with Crippen molar-refractivity contribution in [2.24, 2.45) is 5.92 Å². The molecule has 1 heterocycles. The van der Waals surface area contributed by atoms with Crippen LogP contribution in [0.25, 0.3) is 0 Å². The molecule has 0 aromatic heterocycles. The van der Waals surface area contributed by atoms with E-state index in [9.17, 15) is 26.4 Å². The summed E-state index contributed by atoms with van der Waals surface area (Å²) >= 11 is 0. The van der Waals surface area contributed by atoms with Crippen LogP contribution in [0.15, 0.2) is 48.5 Å². The zero-order valence-corrected chi connectivity index (χ0v) is 17.6. The maximum atomic E-state index is 13.2. The van der Waals surface area contributed by atoms with Crippen LogP contribution in [-0.4, -0.2) is 25.7 Å². The number of halogens is 3. The number of hydrogen-bond donors (Lipinski definition) is 4. The molecule has 2 aromatic carbocycles. The second-order valence-electron chi connectivity index (χ2n) is 7.41. The summed E-state index contributed by atoms with van der Waals surface area (Å²) in [6.45, 7) is 3.10. The van der Waals surface area contributed by atoms with Crippen molar-refractivity contribution in [2.45, 2.75) is 38.0 Å². The average molecular weight is 456 g/mol. The third kappa shape index (κ3) is 5.35. The molecular weight excluding hydrogens is 433 g/mol. The van der Waals surface area contributed by atoms with E-state index < -0.39 is 45.0 Å². The topological polar surface area (TPSA) is 99.3 Å². The number of carbonyl (C=O) groups excluding carboxylic acids is 1. The lowest BCUT2D eigenvalue weighted by molar-refractivity contribution is -0.138. The van der Waals surface area contributed by atoms with E-state index in [0.29, 0.717) is 5.69 Å². The fourth-order valence-electron chi connectivity index (χ4n) is 3.39. The molecule has 0 saturated carbocycles. The van der Waals surface area contributed by atoms with Gasteiger partial charge in [0.25, 0.3) is 10.0 Å². The van der Waals surface area contributed by atoms with Gasteiger partial charge in [-0.2, -0.15) is 13.2 Å². The fraction of sp³-hybridized carbons (Fsp3) is 0.350. The molecule has 0 bridgehead atoms. The first-order valence-electron chi connectivity index (χ1n) is 9.51. The van der Waals surface area contributed by atoms with E-state index in [-0.39, 0.29) is 12.1 Å². The Labute approximate surface area is 178 Å². The summed E-state index contributed by atoms with van der Waals surface area (Å²) in [5, 5.41) is 1.13. The van der Waals surface area contributed by atoms with Crippen molar-refractivity contribution in [2.75, 3.05) is 4.72 Å². The molecule has 4 N–H and O–H groups in total. The van der Waals surface area contributed by atoms with E-state index in [0.717, 1.165) is 11.6 Å². The van der Waals surface area contributed by atoms with E-state index >= 15 is 0 Å². The molecule has 2 aromatic rings. The molecule has 0 radical (unpaired) electrons. The van der Waals surface area contributed by atoms with Gasteiger partial charge in [-0.15, -0.1) is 0 Å². The van der Waals surface area contributed by atoms with Crippen LogP contribution >= 0.6 is 0 Å². The van der Waals surface area contributed by atoms with E-state index in [2.05, 4.69) is 20.9 Å². The van der Waals surface area contributed by atoms with Crippen molar-refractivity contribution in [1.82, 2.24) is 16.2 Å². The molecule has 3 atom stereocenters. The number of hydrogen-bond acceptors (Lipinski definition) is 5. The van der Waals surface area contributed by atoms with Crippen LogP contribution in [0.4, 0.5) is 18.9 Å². The number of alkyl halides is 3. The van der Waals surface area contributed by atoms with Gasteiger partial charge in [0, 0.05) is 18.3 Å². The maximum absolute atomic E-state index is 13.2. The Morgan fingerprint density at radius 3 is 2.35 bits per heavy atom. The first-order valence-corrected chi connectivity index (χ1v) is 11.1. The summed E-state index contributed by atoms with van der Waals surface area (Å²) < 4.78 is 67.7. The lowest BCUT2D eigenvalue weighted by Crippen LogP contribution is -2.47. The van der Waals surface area contributed by atoms with Gasteiger partial charge < -0.3 is 5.32 Å². The molecule has 3 rings (SSSR count). The predicted molar refractivity (Wildman–Crippen MR) is 110 cm³/mol. The van der Waals surface area contributed by atoms with E-state index in [1.54, 1.807) is 31.2 Å². The minimum Gasteiger partial charge on any atom is -0.352 e. The summed E-state index contributed by atoms with van der Waals surface area (Å²) in [6, 6.07) is 11.0. The van der Waals surface area contributed by atoms with Crippen molar-refractivity contribution in [3.8, 4) is 0 Å². The number of amides is 1. The Hall–Kier alpha value is -2.63. The predicted octanol–water partition coefficient (Wildman–Crippen LogP) is 2.51. The largest absolute Gasteiger partial charge is 0.416 e. The number of anilines is 1. The molecule has 1 aliphatic rings. The van der Waals surface area contributed by atoms with Gasteiger partial charge in [0.15, 0.2) is 5.37 Å². The Kier molecular flexibility index (Phi) is 6.58. The van der Waals surface area contributed by atoms with Gasteiger partial charge in [0.1, 0.15) is 0 Å². The molecule has 11 heteroatoms. The van der Waals surface area contributed by atoms with Gasteiger partial charge in [-0.05, 0) is 37.6 Å². The Morgan fingerprint density at radius 2 is 1.71 bits per heavy atom. The lowest BCUT2D eigenvalue weighted by Gasteiger charge is -2.22. The summed E-state index contributed by atoms with van der Waals surface area (Å²) in [6.07, 6.45) is -4.56. The summed E-state index contributed by atoms with van der Waals surface area (Å²) in [7, 11) is -4.03. The Balaban J connectivity index is 1.74. The molecule has 1 fully saturated rings. The molecule has 31 heavy (non-hydrogen) atoms. The highest BCUT2D eigenvalue weighted by Gasteiger charge is 2.46. The number of benzene rings is 2. The zero-order valence-electron chi connectivity index (χ0n) is 16.8. The van der Waals surface area contributed by atoms with Gasteiger partial charge in [0.2, 0.25) is 5.91 Å². The quantitative estimate of drug-likeness (QED) is 0.536. The van der Waals surface area contributed by atoms with Crippen LogP contribution in [0.5, 0.6) is 0 Å². The number of rotatable bonds is 6. The highest BCUT2D eigenvalue weighted by Crippen LogP contribution is 2.32. The number of carbonyl (C=O) groups is 1. The van der Waals surface area contributed by atoms with Gasteiger partial charge in [-0.25, -0.2) is 13.8 Å². The van der Waals surface area contributed by atoms with E-state index in [1.807, 2.05) is 6.92 Å². The minimum absolute atomic E-state index is 0.105. The van der Waals surface area contributed by atoms with Crippen LogP contribution in [0.3, 0.4) is 0 Å². The normalized spacial score (nSPS) is 21.6. The first kappa shape index (κ1) is 23.0. The van der Waals surface area contributed by atoms with Crippen molar-refractivity contribution in [3.05, 3.63) is 65.2 Å². The highest BCUT2D eigenvalue weighted by molar-refractivity contribution is 7.93. The van der Waals surface area contributed by atoms with Crippen molar-refractivity contribution >= 4 is 21.6 Å². The van der Waals surface area contributed by atoms with Crippen molar-refractivity contribution < 1.29 is 26.4 Å². The first-order chi connectivity index (χ1) is 14.5.